The Morgan fingerprint density at radius 2 is 1.85 bits per heavy atom. The van der Waals surface area contributed by atoms with Gasteiger partial charge in [-0.2, -0.15) is 0 Å². The van der Waals surface area contributed by atoms with E-state index >= 15 is 0 Å². The largest absolute Gasteiger partial charge is 0.338 e. The van der Waals surface area contributed by atoms with Crippen LogP contribution in [0.5, 0.6) is 0 Å². The van der Waals surface area contributed by atoms with Crippen molar-refractivity contribution in [3.8, 4) is 0 Å². The van der Waals surface area contributed by atoms with E-state index in [4.69, 9.17) is 0 Å². The molecule has 0 radical (unpaired) electrons. The molecule has 2 aromatic carbocycles. The number of sulfone groups is 1. The van der Waals surface area contributed by atoms with Gasteiger partial charge in [-0.15, -0.1) is 0 Å². The van der Waals surface area contributed by atoms with Gasteiger partial charge in [-0.1, -0.05) is 30.8 Å². The predicted octanol–water partition coefficient (Wildman–Crippen LogP) is 3.11. The van der Waals surface area contributed by atoms with Crippen molar-refractivity contribution in [1.29, 1.82) is 0 Å². The Bertz CT molecular complexity index is 1160. The van der Waals surface area contributed by atoms with Crippen LogP contribution >= 0.6 is 0 Å². The fraction of sp³-hybridized carbons (Fsp3) is 0.360. The van der Waals surface area contributed by atoms with Crippen molar-refractivity contribution in [3.05, 3.63) is 77.6 Å². The minimum absolute atomic E-state index is 0.150. The fourth-order valence-corrected chi connectivity index (χ4v) is 4.74. The lowest BCUT2D eigenvalue weighted by Crippen LogP contribution is -2.56. The number of amides is 2. The Hall–Kier alpha value is -3.00. The van der Waals surface area contributed by atoms with Gasteiger partial charge in [0.05, 0.1) is 10.8 Å². The Morgan fingerprint density at radius 1 is 1.18 bits per heavy atom. The summed E-state index contributed by atoms with van der Waals surface area (Å²) in [5, 5.41) is 0. The van der Waals surface area contributed by atoms with Gasteiger partial charge in [0.15, 0.2) is 9.84 Å². The molecule has 1 fully saturated rings. The van der Waals surface area contributed by atoms with Gasteiger partial charge >= 0.3 is 0 Å². The molecule has 0 aliphatic carbocycles. The SMILES string of the molecule is C=CC(=O)N1CCN(C(=O)[C@H](Cc2ccc(S(C)(=O)=O)cc2)c2ccc(C)c(F)c2)C[C@H]1C. The van der Waals surface area contributed by atoms with Crippen LogP contribution in [0, 0.1) is 12.7 Å². The third kappa shape index (κ3) is 5.68. The van der Waals surface area contributed by atoms with E-state index in [1.165, 1.54) is 24.3 Å². The van der Waals surface area contributed by atoms with Crippen molar-refractivity contribution < 1.29 is 22.4 Å². The molecular formula is C25H29FN2O4S. The van der Waals surface area contributed by atoms with Crippen LogP contribution in [0.15, 0.2) is 60.0 Å². The summed E-state index contributed by atoms with van der Waals surface area (Å²) in [5.74, 6) is -1.34. The number of hydrogen-bond acceptors (Lipinski definition) is 4. The highest BCUT2D eigenvalue weighted by molar-refractivity contribution is 7.90. The number of halogens is 1. The maximum Gasteiger partial charge on any atom is 0.246 e. The lowest BCUT2D eigenvalue weighted by Gasteiger charge is -2.40. The van der Waals surface area contributed by atoms with Crippen molar-refractivity contribution in [3.63, 3.8) is 0 Å². The zero-order chi connectivity index (χ0) is 24.3. The number of aryl methyl sites for hydroxylation is 1. The Labute approximate surface area is 194 Å². The lowest BCUT2D eigenvalue weighted by atomic mass is 9.89. The number of benzene rings is 2. The minimum atomic E-state index is -3.33. The molecule has 0 N–H and O–H groups in total. The maximum absolute atomic E-state index is 14.4. The van der Waals surface area contributed by atoms with Crippen LogP contribution in [-0.2, 0) is 25.8 Å². The molecule has 0 unspecified atom stereocenters. The summed E-state index contributed by atoms with van der Waals surface area (Å²) in [6.45, 7) is 8.22. The first-order chi connectivity index (χ1) is 15.5. The van der Waals surface area contributed by atoms with Gasteiger partial charge < -0.3 is 9.80 Å². The summed E-state index contributed by atoms with van der Waals surface area (Å²) in [5.41, 5.74) is 1.83. The van der Waals surface area contributed by atoms with Crippen molar-refractivity contribution in [2.75, 3.05) is 25.9 Å². The molecule has 6 nitrogen and oxygen atoms in total. The summed E-state index contributed by atoms with van der Waals surface area (Å²) in [4.78, 5) is 29.2. The monoisotopic (exact) mass is 472 g/mol. The number of piperazine rings is 1. The molecule has 0 bridgehead atoms. The molecule has 8 heteroatoms. The number of carbonyl (C=O) groups excluding carboxylic acids is 2. The Morgan fingerprint density at radius 3 is 2.39 bits per heavy atom. The Kier molecular flexibility index (Phi) is 7.37. The Balaban J connectivity index is 1.89. The second kappa shape index (κ2) is 9.87. The number of nitrogens with zero attached hydrogens (tertiary/aromatic N) is 2. The molecule has 1 heterocycles. The summed E-state index contributed by atoms with van der Waals surface area (Å²) < 4.78 is 37.9. The molecule has 2 amide bonds. The first-order valence-electron chi connectivity index (χ1n) is 10.8. The summed E-state index contributed by atoms with van der Waals surface area (Å²) in [7, 11) is -3.33. The van der Waals surface area contributed by atoms with Crippen molar-refractivity contribution in [1.82, 2.24) is 9.80 Å². The molecule has 0 spiro atoms. The molecule has 0 saturated carbocycles. The van der Waals surface area contributed by atoms with Crippen LogP contribution in [0.1, 0.15) is 29.5 Å². The van der Waals surface area contributed by atoms with Gasteiger partial charge in [0.1, 0.15) is 5.82 Å². The summed E-state index contributed by atoms with van der Waals surface area (Å²) in [6.07, 6.45) is 2.71. The van der Waals surface area contributed by atoms with Crippen LogP contribution in [0.25, 0.3) is 0 Å². The first kappa shape index (κ1) is 24.6. The van der Waals surface area contributed by atoms with Gasteiger partial charge in [-0.25, -0.2) is 12.8 Å². The zero-order valence-corrected chi connectivity index (χ0v) is 19.9. The van der Waals surface area contributed by atoms with Gasteiger partial charge in [0.25, 0.3) is 0 Å². The average Bonchev–Trinajstić information content (AvgIpc) is 2.78. The smallest absolute Gasteiger partial charge is 0.246 e. The molecule has 1 aliphatic heterocycles. The molecule has 0 aromatic heterocycles. The van der Waals surface area contributed by atoms with Crippen molar-refractivity contribution in [2.24, 2.45) is 0 Å². The van der Waals surface area contributed by atoms with Crippen LogP contribution in [-0.4, -0.2) is 62.0 Å². The van der Waals surface area contributed by atoms with Crippen molar-refractivity contribution in [2.45, 2.75) is 37.1 Å². The molecule has 176 valence electrons. The van der Waals surface area contributed by atoms with E-state index in [0.717, 1.165) is 11.8 Å². The van der Waals surface area contributed by atoms with Gasteiger partial charge in [-0.3, -0.25) is 9.59 Å². The summed E-state index contributed by atoms with van der Waals surface area (Å²) >= 11 is 0. The molecule has 2 aromatic rings. The molecule has 1 saturated heterocycles. The van der Waals surface area contributed by atoms with Crippen LogP contribution in [0.2, 0.25) is 0 Å². The predicted molar refractivity (Wildman–Crippen MR) is 125 cm³/mol. The van der Waals surface area contributed by atoms with Crippen LogP contribution in [0.4, 0.5) is 4.39 Å². The number of rotatable bonds is 6. The van der Waals surface area contributed by atoms with Crippen molar-refractivity contribution >= 4 is 21.7 Å². The van der Waals surface area contributed by atoms with E-state index in [0.29, 0.717) is 37.2 Å². The topological polar surface area (TPSA) is 74.8 Å². The lowest BCUT2D eigenvalue weighted by molar-refractivity contribution is -0.140. The normalized spacial score (nSPS) is 17.5. The summed E-state index contributed by atoms with van der Waals surface area (Å²) in [6, 6.07) is 11.0. The highest BCUT2D eigenvalue weighted by Gasteiger charge is 2.33. The van der Waals surface area contributed by atoms with E-state index in [-0.39, 0.29) is 28.6 Å². The third-order valence-electron chi connectivity index (χ3n) is 6.08. The first-order valence-corrected chi connectivity index (χ1v) is 12.7. The second-order valence-corrected chi connectivity index (χ2v) is 10.6. The highest BCUT2D eigenvalue weighted by atomic mass is 32.2. The van der Waals surface area contributed by atoms with Crippen LogP contribution in [0.3, 0.4) is 0 Å². The standard InChI is InChI=1S/C25H29FN2O4S/c1-5-24(29)28-13-12-27(16-18(28)3)25(30)22(20-9-6-17(2)23(26)15-20)14-19-7-10-21(11-8-19)33(4,31)32/h5-11,15,18,22H,1,12-14,16H2,2-4H3/t18-,22-/m1/s1. The van der Waals surface area contributed by atoms with E-state index in [1.807, 2.05) is 6.92 Å². The third-order valence-corrected chi connectivity index (χ3v) is 7.21. The quantitative estimate of drug-likeness (QED) is 0.606. The highest BCUT2D eigenvalue weighted by Crippen LogP contribution is 2.27. The second-order valence-electron chi connectivity index (χ2n) is 8.55. The molecule has 3 rings (SSSR count). The molecule has 2 atom stereocenters. The zero-order valence-electron chi connectivity index (χ0n) is 19.1. The van der Waals surface area contributed by atoms with E-state index in [2.05, 4.69) is 6.58 Å². The molecular weight excluding hydrogens is 443 g/mol. The number of carbonyl (C=O) groups is 2. The fourth-order valence-electron chi connectivity index (χ4n) is 4.10. The number of hydrogen-bond donors (Lipinski definition) is 0. The minimum Gasteiger partial charge on any atom is -0.338 e. The van der Waals surface area contributed by atoms with E-state index in [1.54, 1.807) is 41.0 Å². The van der Waals surface area contributed by atoms with Gasteiger partial charge in [0.2, 0.25) is 11.8 Å². The van der Waals surface area contributed by atoms with Gasteiger partial charge in [-0.05, 0) is 61.2 Å². The van der Waals surface area contributed by atoms with E-state index < -0.39 is 15.8 Å². The van der Waals surface area contributed by atoms with E-state index in [9.17, 15) is 22.4 Å². The van der Waals surface area contributed by atoms with Gasteiger partial charge in [0, 0.05) is 31.9 Å². The van der Waals surface area contributed by atoms with Crippen LogP contribution < -0.4 is 0 Å². The molecule has 33 heavy (non-hydrogen) atoms. The molecule has 1 aliphatic rings. The average molecular weight is 473 g/mol. The maximum atomic E-state index is 14.4.